The van der Waals surface area contributed by atoms with Gasteiger partial charge in [0.15, 0.2) is 6.10 Å². The van der Waals surface area contributed by atoms with Gasteiger partial charge in [-0.1, -0.05) is 26.0 Å². The third-order valence-corrected chi connectivity index (χ3v) is 3.18. The molecule has 0 saturated heterocycles. The van der Waals surface area contributed by atoms with E-state index in [1.165, 1.54) is 5.56 Å². The second-order valence-electron chi connectivity index (χ2n) is 6.06. The van der Waals surface area contributed by atoms with Crippen molar-refractivity contribution in [2.45, 2.75) is 52.2 Å². The van der Waals surface area contributed by atoms with E-state index in [1.807, 2.05) is 32.0 Å². The van der Waals surface area contributed by atoms with Gasteiger partial charge in [-0.05, 0) is 44.4 Å². The van der Waals surface area contributed by atoms with Crippen molar-refractivity contribution >= 4 is 18.3 Å². The van der Waals surface area contributed by atoms with Gasteiger partial charge in [-0.15, -0.1) is 12.4 Å². The largest absolute Gasteiger partial charge is 0.481 e. The molecule has 0 fully saturated rings. The van der Waals surface area contributed by atoms with E-state index in [9.17, 15) is 4.79 Å². The number of halogens is 1. The first-order valence-corrected chi connectivity index (χ1v) is 7.04. The highest BCUT2D eigenvalue weighted by molar-refractivity contribution is 5.85. The van der Waals surface area contributed by atoms with Crippen LogP contribution in [0.3, 0.4) is 0 Å². The van der Waals surface area contributed by atoms with Crippen LogP contribution in [0.5, 0.6) is 5.75 Å². The summed E-state index contributed by atoms with van der Waals surface area (Å²) in [5.74, 6) is 0.985. The average Bonchev–Trinajstić information content (AvgIpc) is 2.38. The van der Waals surface area contributed by atoms with Crippen molar-refractivity contribution in [1.82, 2.24) is 5.32 Å². The second kappa shape index (κ2) is 8.25. The molecule has 1 unspecified atom stereocenters. The van der Waals surface area contributed by atoms with Crippen molar-refractivity contribution in [3.8, 4) is 5.75 Å². The van der Waals surface area contributed by atoms with E-state index in [0.29, 0.717) is 18.2 Å². The number of ether oxygens (including phenoxy) is 1. The highest BCUT2D eigenvalue weighted by Crippen LogP contribution is 2.21. The third kappa shape index (κ3) is 6.36. The van der Waals surface area contributed by atoms with Gasteiger partial charge >= 0.3 is 0 Å². The van der Waals surface area contributed by atoms with Crippen molar-refractivity contribution in [3.05, 3.63) is 29.8 Å². The van der Waals surface area contributed by atoms with Crippen molar-refractivity contribution in [2.75, 3.05) is 6.54 Å². The van der Waals surface area contributed by atoms with E-state index in [2.05, 4.69) is 25.2 Å². The molecule has 0 saturated carbocycles. The second-order valence-corrected chi connectivity index (χ2v) is 6.06. The van der Waals surface area contributed by atoms with Gasteiger partial charge in [-0.3, -0.25) is 4.79 Å². The van der Waals surface area contributed by atoms with Gasteiger partial charge in [0.1, 0.15) is 5.75 Å². The van der Waals surface area contributed by atoms with E-state index in [-0.39, 0.29) is 18.3 Å². The number of amides is 1. The van der Waals surface area contributed by atoms with Gasteiger partial charge in [0, 0.05) is 12.1 Å². The maximum absolute atomic E-state index is 12.0. The minimum Gasteiger partial charge on any atom is -0.481 e. The summed E-state index contributed by atoms with van der Waals surface area (Å²) in [5.41, 5.74) is 6.37. The molecular weight excluding hydrogens is 288 g/mol. The lowest BCUT2D eigenvalue weighted by Gasteiger charge is -2.26. The highest BCUT2D eigenvalue weighted by atomic mass is 35.5. The molecule has 1 aromatic rings. The van der Waals surface area contributed by atoms with Crippen LogP contribution in [0, 0.1) is 0 Å². The Hall–Kier alpha value is -1.26. The Balaban J connectivity index is 0.00000400. The molecule has 0 heterocycles. The van der Waals surface area contributed by atoms with E-state index in [0.717, 1.165) is 0 Å². The first kappa shape index (κ1) is 19.7. The van der Waals surface area contributed by atoms with E-state index >= 15 is 0 Å². The topological polar surface area (TPSA) is 64.3 Å². The summed E-state index contributed by atoms with van der Waals surface area (Å²) < 4.78 is 5.70. The monoisotopic (exact) mass is 314 g/mol. The van der Waals surface area contributed by atoms with Crippen LogP contribution >= 0.6 is 12.4 Å². The quantitative estimate of drug-likeness (QED) is 0.848. The fourth-order valence-electron chi connectivity index (χ4n) is 1.69. The van der Waals surface area contributed by atoms with Gasteiger partial charge < -0.3 is 15.8 Å². The summed E-state index contributed by atoms with van der Waals surface area (Å²) in [5, 5.41) is 2.87. The first-order chi connectivity index (χ1) is 9.25. The van der Waals surface area contributed by atoms with E-state index in [4.69, 9.17) is 10.5 Å². The Kier molecular flexibility index (Phi) is 7.75. The highest BCUT2D eigenvalue weighted by Gasteiger charge is 2.23. The molecule has 120 valence electrons. The summed E-state index contributed by atoms with van der Waals surface area (Å²) in [7, 11) is 0. The van der Waals surface area contributed by atoms with Gasteiger partial charge in [-0.25, -0.2) is 0 Å². The van der Waals surface area contributed by atoms with Crippen LogP contribution in [-0.2, 0) is 4.79 Å². The number of hydrogen-bond acceptors (Lipinski definition) is 3. The van der Waals surface area contributed by atoms with Crippen LogP contribution in [0.15, 0.2) is 24.3 Å². The fraction of sp³-hybridized carbons (Fsp3) is 0.562. The molecule has 1 amide bonds. The van der Waals surface area contributed by atoms with Crippen molar-refractivity contribution in [2.24, 2.45) is 5.73 Å². The summed E-state index contributed by atoms with van der Waals surface area (Å²) in [6, 6.07) is 7.84. The molecule has 21 heavy (non-hydrogen) atoms. The normalized spacial score (nSPS) is 12.5. The fourth-order valence-corrected chi connectivity index (χ4v) is 1.69. The average molecular weight is 315 g/mol. The minimum atomic E-state index is -0.553. The predicted octanol–water partition coefficient (Wildman–Crippen LogP) is 2.85. The lowest BCUT2D eigenvalue weighted by atomic mass is 10.0. The number of rotatable bonds is 6. The molecule has 0 aliphatic heterocycles. The van der Waals surface area contributed by atoms with E-state index in [1.54, 1.807) is 6.92 Å². The molecule has 0 aliphatic carbocycles. The molecule has 0 bridgehead atoms. The smallest absolute Gasteiger partial charge is 0.261 e. The number of benzene rings is 1. The van der Waals surface area contributed by atoms with Gasteiger partial charge in [0.25, 0.3) is 5.91 Å². The lowest BCUT2D eigenvalue weighted by Crippen LogP contribution is -2.52. The van der Waals surface area contributed by atoms with Crippen molar-refractivity contribution in [3.63, 3.8) is 0 Å². The maximum Gasteiger partial charge on any atom is 0.261 e. The van der Waals surface area contributed by atoms with Crippen LogP contribution in [-0.4, -0.2) is 24.1 Å². The number of nitrogens with one attached hydrogen (secondary N) is 1. The molecule has 0 radical (unpaired) electrons. The van der Waals surface area contributed by atoms with Crippen molar-refractivity contribution < 1.29 is 9.53 Å². The molecule has 3 N–H and O–H groups in total. The molecular formula is C16H27ClN2O2. The Morgan fingerprint density at radius 1 is 1.33 bits per heavy atom. The van der Waals surface area contributed by atoms with Crippen LogP contribution < -0.4 is 15.8 Å². The Bertz CT molecular complexity index is 461. The summed E-state index contributed by atoms with van der Waals surface area (Å²) in [6.07, 6.45) is -0.553. The molecule has 0 aromatic heterocycles. The molecule has 4 nitrogen and oxygen atoms in total. The molecule has 1 atom stereocenters. The predicted molar refractivity (Wildman–Crippen MR) is 89.1 cm³/mol. The Morgan fingerprint density at radius 2 is 1.95 bits per heavy atom. The zero-order valence-electron chi connectivity index (χ0n) is 13.5. The molecule has 1 rings (SSSR count). The third-order valence-electron chi connectivity index (χ3n) is 3.18. The van der Waals surface area contributed by atoms with Gasteiger partial charge in [0.2, 0.25) is 0 Å². The molecule has 0 aliphatic rings. The standard InChI is InChI=1S/C16H26N2O2.ClH/c1-11(2)13-7-6-8-14(9-13)20-12(3)15(19)18-16(4,5)10-17;/h6-9,11-12H,10,17H2,1-5H3,(H,18,19);1H. The number of carbonyl (C=O) groups is 1. The molecule has 5 heteroatoms. The van der Waals surface area contributed by atoms with Crippen LogP contribution in [0.2, 0.25) is 0 Å². The number of hydrogen-bond donors (Lipinski definition) is 2. The molecule has 0 spiro atoms. The summed E-state index contributed by atoms with van der Waals surface area (Å²) in [6.45, 7) is 10.1. The minimum absolute atomic E-state index is 0. The van der Waals surface area contributed by atoms with E-state index < -0.39 is 11.6 Å². The Labute approximate surface area is 133 Å². The number of carbonyl (C=O) groups excluding carboxylic acids is 1. The zero-order chi connectivity index (χ0) is 15.3. The summed E-state index contributed by atoms with van der Waals surface area (Å²) in [4.78, 5) is 12.0. The Morgan fingerprint density at radius 3 is 2.48 bits per heavy atom. The lowest BCUT2D eigenvalue weighted by molar-refractivity contribution is -0.128. The zero-order valence-corrected chi connectivity index (χ0v) is 14.3. The van der Waals surface area contributed by atoms with Crippen LogP contribution in [0.25, 0.3) is 0 Å². The van der Waals surface area contributed by atoms with Crippen LogP contribution in [0.4, 0.5) is 0 Å². The maximum atomic E-state index is 12.0. The van der Waals surface area contributed by atoms with Gasteiger partial charge in [0.05, 0.1) is 0 Å². The molecule has 1 aromatic carbocycles. The first-order valence-electron chi connectivity index (χ1n) is 7.04. The van der Waals surface area contributed by atoms with Crippen molar-refractivity contribution in [1.29, 1.82) is 0 Å². The summed E-state index contributed by atoms with van der Waals surface area (Å²) >= 11 is 0. The number of nitrogens with two attached hydrogens (primary N) is 1. The van der Waals surface area contributed by atoms with Gasteiger partial charge in [-0.2, -0.15) is 0 Å². The SMILES string of the molecule is CC(Oc1cccc(C(C)C)c1)C(=O)NC(C)(C)CN.Cl. The van der Waals surface area contributed by atoms with Crippen LogP contribution in [0.1, 0.15) is 46.1 Å².